The van der Waals surface area contributed by atoms with Gasteiger partial charge in [0.25, 0.3) is 5.56 Å². The molecule has 6 nitrogen and oxygen atoms in total. The predicted octanol–water partition coefficient (Wildman–Crippen LogP) is 4.45. The van der Waals surface area contributed by atoms with Gasteiger partial charge in [0.05, 0.1) is 17.4 Å². The second-order valence-corrected chi connectivity index (χ2v) is 7.41. The monoisotopic (exact) mass is 384 g/mol. The molecular formula is C20H21ClN4O2. The molecule has 0 spiro atoms. The van der Waals surface area contributed by atoms with Crippen molar-refractivity contribution in [2.75, 3.05) is 5.32 Å². The molecule has 0 amide bonds. The number of para-hydroxylation sites is 1. The van der Waals surface area contributed by atoms with Crippen molar-refractivity contribution < 1.29 is 4.74 Å². The van der Waals surface area contributed by atoms with Crippen molar-refractivity contribution in [2.45, 2.75) is 32.9 Å². The van der Waals surface area contributed by atoms with E-state index < -0.39 is 5.54 Å². The number of nitrogens with zero attached hydrogens (tertiary/aromatic N) is 3. The molecule has 7 heteroatoms. The van der Waals surface area contributed by atoms with E-state index in [2.05, 4.69) is 15.4 Å². The molecule has 0 saturated carbocycles. The topological polar surface area (TPSA) is 69.0 Å². The third-order valence-electron chi connectivity index (χ3n) is 3.80. The number of pyridine rings is 1. The Morgan fingerprint density at radius 3 is 2.48 bits per heavy atom. The van der Waals surface area contributed by atoms with Gasteiger partial charge in [0.1, 0.15) is 10.8 Å². The summed E-state index contributed by atoms with van der Waals surface area (Å²) in [4.78, 5) is 16.7. The zero-order valence-electron chi connectivity index (χ0n) is 15.4. The first-order valence-electron chi connectivity index (χ1n) is 8.54. The van der Waals surface area contributed by atoms with E-state index in [1.807, 2.05) is 57.2 Å². The van der Waals surface area contributed by atoms with Gasteiger partial charge in [-0.15, -0.1) is 0 Å². The summed E-state index contributed by atoms with van der Waals surface area (Å²) in [5.41, 5.74) is 0.662. The van der Waals surface area contributed by atoms with E-state index in [0.29, 0.717) is 18.1 Å². The number of benzene rings is 1. The van der Waals surface area contributed by atoms with Crippen LogP contribution in [0.2, 0.25) is 5.02 Å². The molecule has 140 valence electrons. The predicted molar refractivity (Wildman–Crippen MR) is 107 cm³/mol. The molecule has 0 saturated heterocycles. The first-order valence-corrected chi connectivity index (χ1v) is 8.92. The Morgan fingerprint density at radius 2 is 1.85 bits per heavy atom. The summed E-state index contributed by atoms with van der Waals surface area (Å²) in [5, 5.41) is 7.46. The number of hydrogen-bond acceptors (Lipinski definition) is 5. The lowest BCUT2D eigenvalue weighted by molar-refractivity contribution is 0.338. The standard InChI is InChI=1S/C20H21ClN4O2/c1-20(2,3)25-19(26)18(21)16(13-24-25)22-11-14-9-10-17(23-12-14)27-15-7-5-4-6-8-15/h4-10,12-13,22H,11H2,1-3H3. The van der Waals surface area contributed by atoms with Gasteiger partial charge in [0.2, 0.25) is 5.88 Å². The first-order chi connectivity index (χ1) is 12.8. The van der Waals surface area contributed by atoms with Gasteiger partial charge in [-0.2, -0.15) is 5.10 Å². The molecule has 2 heterocycles. The highest BCUT2D eigenvalue weighted by atomic mass is 35.5. The SMILES string of the molecule is CC(C)(C)n1ncc(NCc2ccc(Oc3ccccc3)nc2)c(Cl)c1=O. The summed E-state index contributed by atoms with van der Waals surface area (Å²) in [7, 11) is 0. The Balaban J connectivity index is 1.67. The van der Waals surface area contributed by atoms with E-state index in [1.54, 1.807) is 18.5 Å². The second-order valence-electron chi connectivity index (χ2n) is 7.03. The number of rotatable bonds is 5. The van der Waals surface area contributed by atoms with E-state index in [-0.39, 0.29) is 10.6 Å². The van der Waals surface area contributed by atoms with E-state index in [1.165, 1.54) is 4.68 Å². The molecular weight excluding hydrogens is 364 g/mol. The van der Waals surface area contributed by atoms with Gasteiger partial charge in [-0.25, -0.2) is 9.67 Å². The van der Waals surface area contributed by atoms with Crippen LogP contribution >= 0.6 is 11.6 Å². The van der Waals surface area contributed by atoms with Gasteiger partial charge in [-0.3, -0.25) is 4.79 Å². The molecule has 0 atom stereocenters. The van der Waals surface area contributed by atoms with Crippen LogP contribution in [-0.2, 0) is 12.1 Å². The zero-order valence-corrected chi connectivity index (χ0v) is 16.2. The van der Waals surface area contributed by atoms with E-state index in [4.69, 9.17) is 16.3 Å². The second kappa shape index (κ2) is 7.80. The molecule has 3 rings (SSSR count). The van der Waals surface area contributed by atoms with Crippen LogP contribution in [0.25, 0.3) is 0 Å². The normalized spacial score (nSPS) is 11.3. The number of halogens is 1. The third kappa shape index (κ3) is 4.65. The van der Waals surface area contributed by atoms with Crippen molar-refractivity contribution in [3.8, 4) is 11.6 Å². The highest BCUT2D eigenvalue weighted by Gasteiger charge is 2.19. The number of ether oxygens (including phenoxy) is 1. The Hall–Kier alpha value is -2.86. The van der Waals surface area contributed by atoms with E-state index in [9.17, 15) is 4.79 Å². The highest BCUT2D eigenvalue weighted by molar-refractivity contribution is 6.32. The van der Waals surface area contributed by atoms with Crippen molar-refractivity contribution in [2.24, 2.45) is 0 Å². The molecule has 0 aliphatic heterocycles. The van der Waals surface area contributed by atoms with Crippen LogP contribution in [0.15, 0.2) is 59.7 Å². The molecule has 0 unspecified atom stereocenters. The molecule has 1 aromatic carbocycles. The molecule has 3 aromatic rings. The van der Waals surface area contributed by atoms with Gasteiger partial charge >= 0.3 is 0 Å². The Morgan fingerprint density at radius 1 is 1.11 bits per heavy atom. The maximum absolute atomic E-state index is 12.4. The van der Waals surface area contributed by atoms with Crippen LogP contribution in [-0.4, -0.2) is 14.8 Å². The van der Waals surface area contributed by atoms with Gasteiger partial charge in [-0.1, -0.05) is 35.9 Å². The summed E-state index contributed by atoms with van der Waals surface area (Å²) < 4.78 is 7.04. The molecule has 27 heavy (non-hydrogen) atoms. The first kappa shape index (κ1) is 18.9. The lowest BCUT2D eigenvalue weighted by Gasteiger charge is -2.21. The summed E-state index contributed by atoms with van der Waals surface area (Å²) in [5.74, 6) is 1.24. The van der Waals surface area contributed by atoms with Crippen LogP contribution in [0.5, 0.6) is 11.6 Å². The maximum atomic E-state index is 12.4. The van der Waals surface area contributed by atoms with Crippen molar-refractivity contribution in [3.63, 3.8) is 0 Å². The largest absolute Gasteiger partial charge is 0.439 e. The molecule has 0 aliphatic carbocycles. The lowest BCUT2D eigenvalue weighted by Crippen LogP contribution is -2.36. The minimum absolute atomic E-state index is 0.122. The minimum atomic E-state index is -0.433. The Bertz CT molecular complexity index is 964. The number of nitrogens with one attached hydrogen (secondary N) is 1. The van der Waals surface area contributed by atoms with E-state index in [0.717, 1.165) is 11.3 Å². The lowest BCUT2D eigenvalue weighted by atomic mass is 10.1. The van der Waals surface area contributed by atoms with Crippen LogP contribution in [0.1, 0.15) is 26.3 Å². The quantitative estimate of drug-likeness (QED) is 0.703. The molecule has 0 aliphatic rings. The average Bonchev–Trinajstić information content (AvgIpc) is 2.64. The Labute approximate surface area is 162 Å². The average molecular weight is 385 g/mol. The van der Waals surface area contributed by atoms with E-state index >= 15 is 0 Å². The van der Waals surface area contributed by atoms with Crippen LogP contribution in [0.3, 0.4) is 0 Å². The Kier molecular flexibility index (Phi) is 5.46. The summed E-state index contributed by atoms with van der Waals surface area (Å²) >= 11 is 6.21. The van der Waals surface area contributed by atoms with Gasteiger partial charge in [-0.05, 0) is 38.5 Å². The third-order valence-corrected chi connectivity index (χ3v) is 4.17. The molecule has 0 radical (unpaired) electrons. The summed E-state index contributed by atoms with van der Waals surface area (Å²) in [6, 6.07) is 13.2. The van der Waals surface area contributed by atoms with Crippen LogP contribution in [0.4, 0.5) is 5.69 Å². The minimum Gasteiger partial charge on any atom is -0.439 e. The fraction of sp³-hybridized carbons (Fsp3) is 0.250. The fourth-order valence-corrected chi connectivity index (χ4v) is 2.61. The highest BCUT2D eigenvalue weighted by Crippen LogP contribution is 2.21. The van der Waals surface area contributed by atoms with Crippen molar-refractivity contribution in [1.82, 2.24) is 14.8 Å². The van der Waals surface area contributed by atoms with Gasteiger partial charge in [0, 0.05) is 18.8 Å². The molecule has 0 fully saturated rings. The van der Waals surface area contributed by atoms with Crippen molar-refractivity contribution in [1.29, 1.82) is 0 Å². The fourth-order valence-electron chi connectivity index (χ4n) is 2.42. The number of aromatic nitrogens is 3. The van der Waals surface area contributed by atoms with Crippen molar-refractivity contribution >= 4 is 17.3 Å². The number of hydrogen-bond donors (Lipinski definition) is 1. The summed E-state index contributed by atoms with van der Waals surface area (Å²) in [6.45, 7) is 6.15. The smallest absolute Gasteiger partial charge is 0.288 e. The molecule has 2 aromatic heterocycles. The zero-order chi connectivity index (χ0) is 19.4. The molecule has 1 N–H and O–H groups in total. The summed E-state index contributed by atoms with van der Waals surface area (Å²) in [6.07, 6.45) is 3.28. The van der Waals surface area contributed by atoms with Crippen molar-refractivity contribution in [3.05, 3.63) is 75.8 Å². The maximum Gasteiger partial charge on any atom is 0.288 e. The van der Waals surface area contributed by atoms with Gasteiger partial charge < -0.3 is 10.1 Å². The number of anilines is 1. The van der Waals surface area contributed by atoms with Crippen LogP contribution in [0, 0.1) is 0 Å². The van der Waals surface area contributed by atoms with Gasteiger partial charge in [0.15, 0.2) is 0 Å². The van der Waals surface area contributed by atoms with Crippen LogP contribution < -0.4 is 15.6 Å². The molecule has 0 bridgehead atoms.